The van der Waals surface area contributed by atoms with E-state index in [-0.39, 0.29) is 29.0 Å². The van der Waals surface area contributed by atoms with Crippen LogP contribution in [0.1, 0.15) is 27.7 Å². The second-order valence-corrected chi connectivity index (χ2v) is 6.79. The van der Waals surface area contributed by atoms with E-state index >= 15 is 0 Å². The van der Waals surface area contributed by atoms with E-state index in [1.807, 2.05) is 0 Å². The van der Waals surface area contributed by atoms with E-state index in [0.717, 1.165) is 17.4 Å². The Kier molecular flexibility index (Phi) is 6.16. The highest BCUT2D eigenvalue weighted by atomic mass is 32.1. The van der Waals surface area contributed by atoms with Crippen molar-refractivity contribution in [1.82, 2.24) is 0 Å². The SMILES string of the molecule is CCOC(=O)c1sc2cccc(F)c2c1COC(=O)/C=C/c1cccc(F)c1. The number of esters is 2. The molecule has 0 spiro atoms. The molecule has 0 bridgehead atoms. The standard InChI is InChI=1S/C21H16F2O4S/c1-2-26-21(25)20-15(19-16(23)7-4-8-17(19)28-20)12-27-18(24)10-9-13-5-3-6-14(22)11-13/h3-11H,2,12H2,1H3/b10-9+. The number of hydrogen-bond acceptors (Lipinski definition) is 5. The highest BCUT2D eigenvalue weighted by molar-refractivity contribution is 7.21. The van der Waals surface area contributed by atoms with Crippen molar-refractivity contribution in [2.45, 2.75) is 13.5 Å². The fourth-order valence-electron chi connectivity index (χ4n) is 2.63. The summed E-state index contributed by atoms with van der Waals surface area (Å²) in [6.07, 6.45) is 2.55. The summed E-state index contributed by atoms with van der Waals surface area (Å²) in [5, 5.41) is 0.234. The first-order valence-corrected chi connectivity index (χ1v) is 9.28. The van der Waals surface area contributed by atoms with Crippen molar-refractivity contribution in [1.29, 1.82) is 0 Å². The predicted octanol–water partition coefficient (Wildman–Crippen LogP) is 5.11. The summed E-state index contributed by atoms with van der Waals surface area (Å²) >= 11 is 1.08. The van der Waals surface area contributed by atoms with Crippen LogP contribution >= 0.6 is 11.3 Å². The summed E-state index contributed by atoms with van der Waals surface area (Å²) < 4.78 is 38.2. The van der Waals surface area contributed by atoms with Gasteiger partial charge in [-0.1, -0.05) is 18.2 Å². The van der Waals surface area contributed by atoms with E-state index in [1.165, 1.54) is 30.3 Å². The molecule has 0 saturated carbocycles. The second-order valence-electron chi connectivity index (χ2n) is 5.74. The third-order valence-corrected chi connectivity index (χ3v) is 5.02. The summed E-state index contributed by atoms with van der Waals surface area (Å²) in [5.74, 6) is -2.22. The van der Waals surface area contributed by atoms with Gasteiger partial charge in [0.1, 0.15) is 23.1 Å². The number of hydrogen-bond donors (Lipinski definition) is 0. The molecule has 0 aliphatic heterocycles. The fourth-order valence-corrected chi connectivity index (χ4v) is 3.75. The van der Waals surface area contributed by atoms with Gasteiger partial charge in [0.25, 0.3) is 0 Å². The lowest BCUT2D eigenvalue weighted by atomic mass is 10.1. The molecule has 28 heavy (non-hydrogen) atoms. The highest BCUT2D eigenvalue weighted by Crippen LogP contribution is 2.34. The summed E-state index contributed by atoms with van der Waals surface area (Å²) in [6, 6.07) is 10.2. The maximum absolute atomic E-state index is 14.3. The number of carbonyl (C=O) groups excluding carboxylic acids is 2. The molecule has 0 radical (unpaired) electrons. The molecule has 0 unspecified atom stereocenters. The first-order chi connectivity index (χ1) is 13.5. The molecule has 1 aromatic heterocycles. The van der Waals surface area contributed by atoms with E-state index in [4.69, 9.17) is 9.47 Å². The minimum absolute atomic E-state index is 0.172. The molecular weight excluding hydrogens is 386 g/mol. The number of fused-ring (bicyclic) bond motifs is 1. The number of carbonyl (C=O) groups is 2. The predicted molar refractivity (Wildman–Crippen MR) is 103 cm³/mol. The summed E-state index contributed by atoms with van der Waals surface area (Å²) in [5.41, 5.74) is 0.764. The van der Waals surface area contributed by atoms with Crippen LogP contribution in [0.15, 0.2) is 48.5 Å². The minimum atomic E-state index is -0.699. The Labute approximate surface area is 164 Å². The molecule has 0 amide bonds. The Morgan fingerprint density at radius 3 is 2.64 bits per heavy atom. The molecule has 7 heteroatoms. The van der Waals surface area contributed by atoms with Gasteiger partial charge < -0.3 is 9.47 Å². The molecule has 0 aliphatic rings. The molecule has 0 fully saturated rings. The van der Waals surface area contributed by atoms with Gasteiger partial charge in [0, 0.05) is 21.7 Å². The zero-order valence-corrected chi connectivity index (χ0v) is 15.7. The number of ether oxygens (including phenoxy) is 2. The van der Waals surface area contributed by atoms with Gasteiger partial charge in [-0.15, -0.1) is 11.3 Å². The van der Waals surface area contributed by atoms with Crippen LogP contribution in [0.2, 0.25) is 0 Å². The van der Waals surface area contributed by atoms with Gasteiger partial charge in [-0.3, -0.25) is 0 Å². The van der Waals surface area contributed by atoms with Crippen molar-refractivity contribution in [2.24, 2.45) is 0 Å². The van der Waals surface area contributed by atoms with Crippen LogP contribution in [0.3, 0.4) is 0 Å². The molecule has 0 atom stereocenters. The van der Waals surface area contributed by atoms with Crippen LogP contribution in [0, 0.1) is 11.6 Å². The van der Waals surface area contributed by atoms with Gasteiger partial charge >= 0.3 is 11.9 Å². The Morgan fingerprint density at radius 1 is 1.11 bits per heavy atom. The lowest BCUT2D eigenvalue weighted by Gasteiger charge is -2.06. The van der Waals surface area contributed by atoms with Gasteiger partial charge in [0.15, 0.2) is 0 Å². The summed E-state index contributed by atoms with van der Waals surface area (Å²) in [4.78, 5) is 24.4. The van der Waals surface area contributed by atoms with Crippen LogP contribution in [-0.2, 0) is 20.9 Å². The Bertz CT molecular complexity index is 1060. The van der Waals surface area contributed by atoms with Crippen LogP contribution in [-0.4, -0.2) is 18.5 Å². The van der Waals surface area contributed by atoms with E-state index in [2.05, 4.69) is 0 Å². The summed E-state index contributed by atoms with van der Waals surface area (Å²) in [7, 11) is 0. The number of benzene rings is 2. The normalized spacial score (nSPS) is 11.1. The maximum Gasteiger partial charge on any atom is 0.348 e. The maximum atomic E-state index is 14.3. The minimum Gasteiger partial charge on any atom is -0.462 e. The average Bonchev–Trinajstić information content (AvgIpc) is 3.05. The largest absolute Gasteiger partial charge is 0.462 e. The lowest BCUT2D eigenvalue weighted by molar-refractivity contribution is -0.138. The quantitative estimate of drug-likeness (QED) is 0.425. The van der Waals surface area contributed by atoms with Crippen molar-refractivity contribution >= 4 is 39.4 Å². The second kappa shape index (κ2) is 8.75. The highest BCUT2D eigenvalue weighted by Gasteiger charge is 2.22. The molecule has 1 heterocycles. The zero-order chi connectivity index (χ0) is 20.1. The van der Waals surface area contributed by atoms with Gasteiger partial charge in [-0.25, -0.2) is 18.4 Å². The lowest BCUT2D eigenvalue weighted by Crippen LogP contribution is -2.08. The van der Waals surface area contributed by atoms with Gasteiger partial charge in [0.05, 0.1) is 6.61 Å². The molecule has 144 valence electrons. The van der Waals surface area contributed by atoms with E-state index < -0.39 is 23.6 Å². The smallest absolute Gasteiger partial charge is 0.348 e. The van der Waals surface area contributed by atoms with Crippen LogP contribution in [0.5, 0.6) is 0 Å². The van der Waals surface area contributed by atoms with Crippen LogP contribution < -0.4 is 0 Å². The average molecular weight is 402 g/mol. The molecule has 3 aromatic rings. The van der Waals surface area contributed by atoms with Crippen molar-refractivity contribution in [2.75, 3.05) is 6.61 Å². The monoisotopic (exact) mass is 402 g/mol. The molecule has 0 aliphatic carbocycles. The van der Waals surface area contributed by atoms with Gasteiger partial charge in [0.2, 0.25) is 0 Å². The first-order valence-electron chi connectivity index (χ1n) is 8.47. The van der Waals surface area contributed by atoms with E-state index in [0.29, 0.717) is 10.3 Å². The molecule has 4 nitrogen and oxygen atoms in total. The number of halogens is 2. The van der Waals surface area contributed by atoms with E-state index in [9.17, 15) is 18.4 Å². The third kappa shape index (κ3) is 4.43. The van der Waals surface area contributed by atoms with E-state index in [1.54, 1.807) is 25.1 Å². The van der Waals surface area contributed by atoms with Crippen molar-refractivity contribution in [3.05, 3.63) is 76.2 Å². The molecule has 0 N–H and O–H groups in total. The van der Waals surface area contributed by atoms with Gasteiger partial charge in [-0.05, 0) is 42.8 Å². The molecule has 3 rings (SSSR count). The fraction of sp³-hybridized carbons (Fsp3) is 0.143. The van der Waals surface area contributed by atoms with Gasteiger partial charge in [-0.2, -0.15) is 0 Å². The molecule has 2 aromatic carbocycles. The number of thiophene rings is 1. The molecule has 0 saturated heterocycles. The first kappa shape index (κ1) is 19.7. The number of rotatable bonds is 6. The van der Waals surface area contributed by atoms with Crippen molar-refractivity contribution in [3.63, 3.8) is 0 Å². The zero-order valence-electron chi connectivity index (χ0n) is 14.9. The third-order valence-electron chi connectivity index (χ3n) is 3.84. The Balaban J connectivity index is 1.82. The molecular formula is C21H16F2O4S. The Hall–Kier alpha value is -3.06. The van der Waals surface area contributed by atoms with Crippen LogP contribution in [0.4, 0.5) is 8.78 Å². The van der Waals surface area contributed by atoms with Crippen LogP contribution in [0.25, 0.3) is 16.2 Å². The summed E-state index contributed by atoms with van der Waals surface area (Å²) in [6.45, 7) is 1.55. The van der Waals surface area contributed by atoms with Crippen molar-refractivity contribution in [3.8, 4) is 0 Å². The van der Waals surface area contributed by atoms with Crippen molar-refractivity contribution < 1.29 is 27.8 Å². The topological polar surface area (TPSA) is 52.6 Å². The Morgan fingerprint density at radius 2 is 1.89 bits per heavy atom.